The first-order valence-electron chi connectivity index (χ1n) is 4.84. The lowest BCUT2D eigenvalue weighted by molar-refractivity contribution is -0.116. The number of carbonyl (C=O) groups excluding carboxylic acids is 1. The number of unbranched alkanes of at least 4 members (excludes halogenated alkanes) is 1. The van der Waals surface area contributed by atoms with Crippen molar-refractivity contribution in [2.24, 2.45) is 5.73 Å². The molecule has 0 saturated carbocycles. The van der Waals surface area contributed by atoms with Crippen molar-refractivity contribution in [1.29, 1.82) is 0 Å². The maximum absolute atomic E-state index is 10.8. The van der Waals surface area contributed by atoms with E-state index in [-0.39, 0.29) is 12.5 Å². The molecule has 0 aliphatic rings. The highest BCUT2D eigenvalue weighted by molar-refractivity contribution is 5.78. The summed E-state index contributed by atoms with van der Waals surface area (Å²) in [7, 11) is 0. The Bertz CT molecular complexity index is 323. The zero-order valence-corrected chi connectivity index (χ0v) is 8.73. The first-order valence-corrected chi connectivity index (χ1v) is 4.84. The fourth-order valence-corrected chi connectivity index (χ4v) is 1.19. The summed E-state index contributed by atoms with van der Waals surface area (Å²) in [4.78, 5) is 16.5. The molecule has 0 fully saturated rings. The Kier molecular flexibility index (Phi) is 3.90. The van der Waals surface area contributed by atoms with Crippen LogP contribution in [0.1, 0.15) is 19.8 Å². The van der Waals surface area contributed by atoms with E-state index >= 15 is 0 Å². The maximum atomic E-state index is 10.8. The largest absolute Gasteiger partial charge is 0.368 e. The van der Waals surface area contributed by atoms with Gasteiger partial charge in [0.2, 0.25) is 17.8 Å². The molecule has 1 heterocycles. The number of rotatable bonds is 6. The third-order valence-electron chi connectivity index (χ3n) is 1.90. The van der Waals surface area contributed by atoms with Gasteiger partial charge in [-0.25, -0.2) is 5.10 Å². The number of aromatic nitrogens is 3. The molecule has 1 rings (SSSR count). The summed E-state index contributed by atoms with van der Waals surface area (Å²) < 4.78 is 0. The minimum Gasteiger partial charge on any atom is -0.368 e. The van der Waals surface area contributed by atoms with Gasteiger partial charge < -0.3 is 16.4 Å². The molecule has 0 bridgehead atoms. The van der Waals surface area contributed by atoms with Crippen LogP contribution in [0.15, 0.2) is 0 Å². The molecule has 1 amide bonds. The Balaban J connectivity index is 2.66. The third kappa shape index (κ3) is 3.45. The number of nitrogens with zero attached hydrogens (tertiary/aromatic N) is 3. The van der Waals surface area contributed by atoms with Crippen LogP contribution < -0.4 is 16.4 Å². The Labute approximate surface area is 87.8 Å². The fraction of sp³-hybridized carbons (Fsp3) is 0.625. The van der Waals surface area contributed by atoms with Gasteiger partial charge in [0.05, 0.1) is 6.54 Å². The summed E-state index contributed by atoms with van der Waals surface area (Å²) in [6.45, 7) is 2.86. The molecule has 0 unspecified atom stereocenters. The van der Waals surface area contributed by atoms with E-state index in [1.807, 2.05) is 0 Å². The predicted octanol–water partition coefficient (Wildman–Crippen LogP) is -0.521. The summed E-state index contributed by atoms with van der Waals surface area (Å²) in [5.74, 6) is 0.241. The van der Waals surface area contributed by atoms with Gasteiger partial charge in [0.25, 0.3) is 0 Å². The Morgan fingerprint density at radius 1 is 1.60 bits per heavy atom. The highest BCUT2D eigenvalue weighted by Gasteiger charge is 2.13. The summed E-state index contributed by atoms with van der Waals surface area (Å²) in [6, 6.07) is 0. The molecular weight excluding hydrogens is 196 g/mol. The van der Waals surface area contributed by atoms with E-state index < -0.39 is 5.91 Å². The Hall–Kier alpha value is -1.79. The van der Waals surface area contributed by atoms with Gasteiger partial charge in [0.15, 0.2) is 0 Å². The number of nitrogens with one attached hydrogen (secondary N) is 1. The van der Waals surface area contributed by atoms with Crippen LogP contribution in [0.25, 0.3) is 0 Å². The first-order chi connectivity index (χ1) is 7.13. The van der Waals surface area contributed by atoms with E-state index in [1.54, 1.807) is 4.90 Å². The smallest absolute Gasteiger partial charge is 0.246 e. The SMILES string of the molecule is CCCCN(CC(N)=O)c1n[nH]c(N)n1. The average molecular weight is 212 g/mol. The van der Waals surface area contributed by atoms with Crippen molar-refractivity contribution in [3.63, 3.8) is 0 Å². The van der Waals surface area contributed by atoms with Crippen LogP contribution in [0.3, 0.4) is 0 Å². The van der Waals surface area contributed by atoms with Crippen molar-refractivity contribution >= 4 is 17.8 Å². The van der Waals surface area contributed by atoms with E-state index in [9.17, 15) is 4.79 Å². The van der Waals surface area contributed by atoms with Gasteiger partial charge in [-0.05, 0) is 6.42 Å². The molecule has 15 heavy (non-hydrogen) atoms. The normalized spacial score (nSPS) is 10.2. The second-order valence-corrected chi connectivity index (χ2v) is 3.26. The molecule has 0 radical (unpaired) electrons. The molecule has 0 saturated heterocycles. The predicted molar refractivity (Wildman–Crippen MR) is 57.1 cm³/mol. The van der Waals surface area contributed by atoms with Crippen LogP contribution in [0, 0.1) is 0 Å². The van der Waals surface area contributed by atoms with Gasteiger partial charge in [-0.1, -0.05) is 13.3 Å². The molecule has 1 aromatic heterocycles. The highest BCUT2D eigenvalue weighted by atomic mass is 16.1. The van der Waals surface area contributed by atoms with Gasteiger partial charge in [-0.2, -0.15) is 4.98 Å². The zero-order chi connectivity index (χ0) is 11.3. The topological polar surface area (TPSA) is 114 Å². The van der Waals surface area contributed by atoms with Gasteiger partial charge >= 0.3 is 0 Å². The summed E-state index contributed by atoms with van der Waals surface area (Å²) in [5.41, 5.74) is 10.5. The van der Waals surface area contributed by atoms with Crippen LogP contribution in [0.4, 0.5) is 11.9 Å². The van der Waals surface area contributed by atoms with E-state index in [4.69, 9.17) is 11.5 Å². The molecule has 0 aliphatic carbocycles. The minimum absolute atomic E-state index is 0.108. The fourth-order valence-electron chi connectivity index (χ4n) is 1.19. The summed E-state index contributed by atoms with van der Waals surface area (Å²) in [6.07, 6.45) is 1.97. The van der Waals surface area contributed by atoms with Crippen LogP contribution in [-0.4, -0.2) is 34.2 Å². The van der Waals surface area contributed by atoms with Crippen molar-refractivity contribution in [2.45, 2.75) is 19.8 Å². The van der Waals surface area contributed by atoms with E-state index in [1.165, 1.54) is 0 Å². The van der Waals surface area contributed by atoms with Crippen molar-refractivity contribution in [3.8, 4) is 0 Å². The number of H-pyrrole nitrogens is 1. The number of primary amides is 1. The number of nitrogen functional groups attached to an aromatic ring is 1. The third-order valence-corrected chi connectivity index (χ3v) is 1.90. The standard InChI is InChI=1S/C8H16N6O/c1-2-3-4-14(5-6(9)15)8-11-7(10)12-13-8/h2-5H2,1H3,(H2,9,15)(H3,10,11,12,13). The van der Waals surface area contributed by atoms with Crippen LogP contribution in [0.5, 0.6) is 0 Å². The molecule has 0 spiro atoms. The monoisotopic (exact) mass is 212 g/mol. The highest BCUT2D eigenvalue weighted by Crippen LogP contribution is 2.08. The molecule has 7 heteroatoms. The van der Waals surface area contributed by atoms with Gasteiger partial charge in [0.1, 0.15) is 0 Å². The number of hydrogen-bond acceptors (Lipinski definition) is 5. The first kappa shape index (κ1) is 11.3. The molecule has 1 aromatic rings. The van der Waals surface area contributed by atoms with Crippen LogP contribution in [-0.2, 0) is 4.79 Å². The molecular formula is C8H16N6O. The van der Waals surface area contributed by atoms with E-state index in [0.717, 1.165) is 12.8 Å². The number of anilines is 2. The molecule has 5 N–H and O–H groups in total. The molecule has 7 nitrogen and oxygen atoms in total. The quantitative estimate of drug-likeness (QED) is 0.587. The van der Waals surface area contributed by atoms with E-state index in [0.29, 0.717) is 12.5 Å². The number of carbonyl (C=O) groups is 1. The van der Waals surface area contributed by atoms with Crippen LogP contribution in [0.2, 0.25) is 0 Å². The summed E-state index contributed by atoms with van der Waals surface area (Å²) in [5, 5.41) is 6.40. The van der Waals surface area contributed by atoms with Crippen molar-refractivity contribution in [1.82, 2.24) is 15.2 Å². The Morgan fingerprint density at radius 2 is 2.33 bits per heavy atom. The average Bonchev–Trinajstić information content (AvgIpc) is 2.58. The molecule has 0 aliphatic heterocycles. The van der Waals surface area contributed by atoms with Gasteiger partial charge in [0, 0.05) is 6.54 Å². The molecule has 0 aromatic carbocycles. The second kappa shape index (κ2) is 5.18. The van der Waals surface area contributed by atoms with Crippen molar-refractivity contribution < 1.29 is 4.79 Å². The number of aromatic amines is 1. The maximum Gasteiger partial charge on any atom is 0.246 e. The number of hydrogen-bond donors (Lipinski definition) is 3. The van der Waals surface area contributed by atoms with Gasteiger partial charge in [-0.3, -0.25) is 4.79 Å². The summed E-state index contributed by atoms with van der Waals surface area (Å²) >= 11 is 0. The molecule has 0 atom stereocenters. The lowest BCUT2D eigenvalue weighted by Crippen LogP contribution is -2.35. The van der Waals surface area contributed by atoms with Crippen molar-refractivity contribution in [2.75, 3.05) is 23.7 Å². The van der Waals surface area contributed by atoms with Crippen LogP contribution >= 0.6 is 0 Å². The van der Waals surface area contributed by atoms with Gasteiger partial charge in [-0.15, -0.1) is 5.10 Å². The number of nitrogens with two attached hydrogens (primary N) is 2. The minimum atomic E-state index is -0.408. The zero-order valence-electron chi connectivity index (χ0n) is 8.73. The Morgan fingerprint density at radius 3 is 2.80 bits per heavy atom. The van der Waals surface area contributed by atoms with Crippen molar-refractivity contribution in [3.05, 3.63) is 0 Å². The number of amides is 1. The van der Waals surface area contributed by atoms with E-state index in [2.05, 4.69) is 22.1 Å². The molecule has 84 valence electrons. The lowest BCUT2D eigenvalue weighted by atomic mass is 10.3. The lowest BCUT2D eigenvalue weighted by Gasteiger charge is -2.18. The second-order valence-electron chi connectivity index (χ2n) is 3.26.